The van der Waals surface area contributed by atoms with Gasteiger partial charge in [0.2, 0.25) is 0 Å². The molecule has 9 nitrogen and oxygen atoms in total. The van der Waals surface area contributed by atoms with Gasteiger partial charge in [-0.15, -0.1) is 0 Å². The molecule has 0 unspecified atom stereocenters. The monoisotopic (exact) mass is 494 g/mol. The van der Waals surface area contributed by atoms with Crippen molar-refractivity contribution in [3.63, 3.8) is 0 Å². The van der Waals surface area contributed by atoms with Gasteiger partial charge in [-0.2, -0.15) is 0 Å². The van der Waals surface area contributed by atoms with Crippen molar-refractivity contribution in [3.8, 4) is 11.4 Å². The first-order valence-electron chi connectivity index (χ1n) is 11.2. The van der Waals surface area contributed by atoms with Gasteiger partial charge in [0.25, 0.3) is 5.56 Å². The van der Waals surface area contributed by atoms with Crippen molar-refractivity contribution < 1.29 is 14.3 Å². The van der Waals surface area contributed by atoms with Gasteiger partial charge < -0.3 is 14.0 Å². The van der Waals surface area contributed by atoms with E-state index in [4.69, 9.17) is 21.1 Å². The van der Waals surface area contributed by atoms with E-state index in [1.807, 2.05) is 0 Å². The molecule has 0 radical (unpaired) electrons. The molecule has 3 heterocycles. The lowest BCUT2D eigenvalue weighted by Crippen LogP contribution is -2.42. The minimum absolute atomic E-state index is 0.107. The van der Waals surface area contributed by atoms with E-state index in [2.05, 4.69) is 4.98 Å². The van der Waals surface area contributed by atoms with Gasteiger partial charge in [0.15, 0.2) is 16.9 Å². The summed E-state index contributed by atoms with van der Waals surface area (Å²) < 4.78 is 14.8. The molecule has 4 aromatic rings. The summed E-state index contributed by atoms with van der Waals surface area (Å²) >= 11 is 6.42. The Morgan fingerprint density at radius 1 is 1.17 bits per heavy atom. The minimum atomic E-state index is -0.558. The van der Waals surface area contributed by atoms with Crippen LogP contribution in [0.3, 0.4) is 0 Å². The number of methoxy groups -OCH3 is 1. The Bertz CT molecular complexity index is 1510. The van der Waals surface area contributed by atoms with E-state index in [0.29, 0.717) is 28.6 Å². The standard InChI is InChI=1S/C25H23ClN4O5/c1-34-17-10-8-16(9-11-17)21(31)14-28-15-27-23-22(28)24(32)29(13-18-5-4-12-35-18)25(33)30(23)20-7-3-2-6-19(20)26/h2-3,6-11,15,18H,4-5,12-14H2,1H3/t18-/m1/s1. The van der Waals surface area contributed by atoms with E-state index in [0.717, 1.165) is 17.4 Å². The third-order valence-electron chi connectivity index (χ3n) is 6.13. The molecule has 5 rings (SSSR count). The molecule has 1 atom stereocenters. The van der Waals surface area contributed by atoms with Crippen LogP contribution in [-0.4, -0.2) is 44.3 Å². The number of hydrogen-bond acceptors (Lipinski definition) is 6. The molecule has 180 valence electrons. The van der Waals surface area contributed by atoms with E-state index >= 15 is 0 Å². The van der Waals surface area contributed by atoms with Gasteiger partial charge in [-0.25, -0.2) is 14.3 Å². The summed E-state index contributed by atoms with van der Waals surface area (Å²) in [5.41, 5.74) is 0.0639. The summed E-state index contributed by atoms with van der Waals surface area (Å²) in [6, 6.07) is 13.6. The number of Topliss-reactive ketones (excluding diaryl/α,β-unsaturated/α-hetero) is 1. The third-order valence-corrected chi connectivity index (χ3v) is 6.45. The number of imidazole rings is 1. The zero-order chi connectivity index (χ0) is 24.5. The van der Waals surface area contributed by atoms with Crippen molar-refractivity contribution >= 4 is 28.5 Å². The first kappa shape index (κ1) is 23.1. The highest BCUT2D eigenvalue weighted by atomic mass is 35.5. The van der Waals surface area contributed by atoms with Crippen LogP contribution in [0.5, 0.6) is 5.75 Å². The second-order valence-electron chi connectivity index (χ2n) is 8.32. The molecule has 0 spiro atoms. The van der Waals surface area contributed by atoms with Crippen LogP contribution < -0.4 is 16.0 Å². The largest absolute Gasteiger partial charge is 0.497 e. The molecule has 2 aromatic heterocycles. The van der Waals surface area contributed by atoms with Crippen LogP contribution in [0.4, 0.5) is 0 Å². The summed E-state index contributed by atoms with van der Waals surface area (Å²) in [6.07, 6.45) is 2.78. The van der Waals surface area contributed by atoms with Crippen LogP contribution in [0, 0.1) is 0 Å². The van der Waals surface area contributed by atoms with Crippen molar-refractivity contribution in [3.05, 3.63) is 86.3 Å². The Labute approximate surface area is 205 Å². The first-order chi connectivity index (χ1) is 17.0. The number of carbonyl (C=O) groups is 1. The molecule has 2 aromatic carbocycles. The molecule has 1 aliphatic rings. The highest BCUT2D eigenvalue weighted by molar-refractivity contribution is 6.32. The molecule has 1 saturated heterocycles. The number of benzene rings is 2. The van der Waals surface area contributed by atoms with E-state index in [-0.39, 0.29) is 36.1 Å². The molecule has 1 aliphatic heterocycles. The predicted octanol–water partition coefficient (Wildman–Crippen LogP) is 3.07. The van der Waals surface area contributed by atoms with Crippen molar-refractivity contribution in [2.45, 2.75) is 32.0 Å². The fraction of sp³-hybridized carbons (Fsp3) is 0.280. The Kier molecular flexibility index (Phi) is 6.27. The molecular formula is C25H23ClN4O5. The van der Waals surface area contributed by atoms with E-state index in [1.54, 1.807) is 55.6 Å². The van der Waals surface area contributed by atoms with Gasteiger partial charge in [-0.05, 0) is 49.2 Å². The van der Waals surface area contributed by atoms with Crippen molar-refractivity contribution in [2.24, 2.45) is 0 Å². The van der Waals surface area contributed by atoms with Crippen LogP contribution in [0.25, 0.3) is 16.9 Å². The SMILES string of the molecule is COc1ccc(C(=O)Cn2cnc3c2c(=O)n(C[C@H]2CCCO2)c(=O)n3-c2ccccc2Cl)cc1. The second-order valence-corrected chi connectivity index (χ2v) is 8.72. The number of ether oxygens (including phenoxy) is 2. The molecule has 10 heteroatoms. The zero-order valence-corrected chi connectivity index (χ0v) is 19.8. The van der Waals surface area contributed by atoms with Gasteiger partial charge in [-0.3, -0.25) is 14.2 Å². The number of halogens is 1. The van der Waals surface area contributed by atoms with Gasteiger partial charge in [0, 0.05) is 12.2 Å². The number of carbonyl (C=O) groups excluding carboxylic acids is 1. The van der Waals surface area contributed by atoms with Gasteiger partial charge in [0.05, 0.1) is 43.3 Å². The topological polar surface area (TPSA) is 97.4 Å². The van der Waals surface area contributed by atoms with E-state index in [1.165, 1.54) is 15.5 Å². The number of ketones is 1. The second kappa shape index (κ2) is 9.52. The number of para-hydroxylation sites is 1. The Hall–Kier alpha value is -3.69. The lowest BCUT2D eigenvalue weighted by atomic mass is 10.1. The van der Waals surface area contributed by atoms with Crippen LogP contribution in [0.2, 0.25) is 5.02 Å². The number of rotatable bonds is 7. The highest BCUT2D eigenvalue weighted by Gasteiger charge is 2.24. The quantitative estimate of drug-likeness (QED) is 0.366. The molecule has 1 fully saturated rings. The lowest BCUT2D eigenvalue weighted by molar-refractivity contribution is 0.0947. The van der Waals surface area contributed by atoms with Gasteiger partial charge >= 0.3 is 5.69 Å². The van der Waals surface area contributed by atoms with Crippen molar-refractivity contribution in [1.82, 2.24) is 18.7 Å². The Morgan fingerprint density at radius 3 is 2.63 bits per heavy atom. The number of nitrogens with zero attached hydrogens (tertiary/aromatic N) is 4. The normalized spacial score (nSPS) is 15.5. The maximum Gasteiger partial charge on any atom is 0.337 e. The fourth-order valence-electron chi connectivity index (χ4n) is 4.33. The molecule has 0 bridgehead atoms. The lowest BCUT2D eigenvalue weighted by Gasteiger charge is -2.16. The molecule has 35 heavy (non-hydrogen) atoms. The van der Waals surface area contributed by atoms with Crippen molar-refractivity contribution in [2.75, 3.05) is 13.7 Å². The highest BCUT2D eigenvalue weighted by Crippen LogP contribution is 2.22. The number of aromatic nitrogens is 4. The number of fused-ring (bicyclic) bond motifs is 1. The average Bonchev–Trinajstić information content (AvgIpc) is 3.53. The first-order valence-corrected chi connectivity index (χ1v) is 11.6. The van der Waals surface area contributed by atoms with Crippen LogP contribution in [0.1, 0.15) is 23.2 Å². The maximum atomic E-state index is 13.6. The predicted molar refractivity (Wildman–Crippen MR) is 131 cm³/mol. The Morgan fingerprint density at radius 2 is 1.94 bits per heavy atom. The van der Waals surface area contributed by atoms with Crippen LogP contribution in [-0.2, 0) is 17.8 Å². The molecule has 0 aliphatic carbocycles. The maximum absolute atomic E-state index is 13.6. The van der Waals surface area contributed by atoms with E-state index in [9.17, 15) is 14.4 Å². The van der Waals surface area contributed by atoms with E-state index < -0.39 is 11.2 Å². The van der Waals surface area contributed by atoms with Crippen LogP contribution in [0.15, 0.2) is 64.4 Å². The fourth-order valence-corrected chi connectivity index (χ4v) is 4.55. The molecular weight excluding hydrogens is 472 g/mol. The van der Waals surface area contributed by atoms with Crippen molar-refractivity contribution in [1.29, 1.82) is 0 Å². The summed E-state index contributed by atoms with van der Waals surface area (Å²) in [7, 11) is 1.55. The van der Waals surface area contributed by atoms with Gasteiger partial charge in [0.1, 0.15) is 5.75 Å². The molecule has 0 saturated carbocycles. The Balaban J connectivity index is 1.65. The zero-order valence-electron chi connectivity index (χ0n) is 19.0. The summed E-state index contributed by atoms with van der Waals surface area (Å²) in [4.78, 5) is 44.5. The summed E-state index contributed by atoms with van der Waals surface area (Å²) in [5.74, 6) is 0.419. The molecule has 0 N–H and O–H groups in total. The smallest absolute Gasteiger partial charge is 0.337 e. The van der Waals surface area contributed by atoms with Crippen LogP contribution >= 0.6 is 11.6 Å². The summed E-state index contributed by atoms with van der Waals surface area (Å²) in [5, 5.41) is 0.335. The third kappa shape index (κ3) is 4.28. The number of hydrogen-bond donors (Lipinski definition) is 0. The minimum Gasteiger partial charge on any atom is -0.497 e. The van der Waals surface area contributed by atoms with Gasteiger partial charge in [-0.1, -0.05) is 23.7 Å². The summed E-state index contributed by atoms with van der Waals surface area (Å²) in [6.45, 7) is 0.572. The molecule has 0 amide bonds. The average molecular weight is 495 g/mol.